The van der Waals surface area contributed by atoms with Gasteiger partial charge in [-0.25, -0.2) is 0 Å². The molecule has 6 heavy (non-hydrogen) atoms. The van der Waals surface area contributed by atoms with Crippen LogP contribution in [0.2, 0.25) is 0 Å². The molecule has 0 aromatic rings. The molecule has 0 aromatic carbocycles. The van der Waals surface area contributed by atoms with E-state index < -0.39 is 0 Å². The number of hydrogen-bond acceptors (Lipinski definition) is 2. The molecular formula is C4H7NO. The minimum Gasteiger partial charge on any atom is -0.419 e. The Morgan fingerprint density at radius 3 is 2.50 bits per heavy atom. The molecule has 0 saturated carbocycles. The van der Waals surface area contributed by atoms with E-state index in [0.29, 0.717) is 0 Å². The van der Waals surface area contributed by atoms with Crippen LogP contribution in [0.5, 0.6) is 0 Å². The van der Waals surface area contributed by atoms with Crippen molar-refractivity contribution in [1.82, 2.24) is 0 Å². The van der Waals surface area contributed by atoms with Gasteiger partial charge in [-0.2, -0.15) is 5.90 Å². The minimum absolute atomic E-state index is 1.34. The fourth-order valence-corrected chi connectivity index (χ4v) is 0.101. The smallest absolute Gasteiger partial charge is 0.110 e. The fraction of sp³-hybridized carbons (Fsp3) is 0. The molecule has 2 N–H and O–H groups in total. The van der Waals surface area contributed by atoms with Gasteiger partial charge in [0.2, 0.25) is 0 Å². The largest absolute Gasteiger partial charge is 0.419 e. The highest BCUT2D eigenvalue weighted by atomic mass is 16.6. The maximum absolute atomic E-state index is 4.58. The standard InChI is InChI=1S/C4H7NO/c1-2-3-4-6-5/h2-4H,1,5H2/b4-3-. The van der Waals surface area contributed by atoms with Gasteiger partial charge in [0, 0.05) is 0 Å². The van der Waals surface area contributed by atoms with Gasteiger partial charge in [0.1, 0.15) is 6.26 Å². The van der Waals surface area contributed by atoms with Crippen molar-refractivity contribution in [3.05, 3.63) is 25.0 Å². The third-order valence-electron chi connectivity index (χ3n) is 0.293. The summed E-state index contributed by atoms with van der Waals surface area (Å²) in [7, 11) is 0. The summed E-state index contributed by atoms with van der Waals surface area (Å²) in [4.78, 5) is 4.03. The second-order valence-corrected chi connectivity index (χ2v) is 0.700. The van der Waals surface area contributed by atoms with Gasteiger partial charge in [-0.15, -0.1) is 0 Å². The van der Waals surface area contributed by atoms with E-state index in [-0.39, 0.29) is 0 Å². The predicted octanol–water partition coefficient (Wildman–Crippen LogP) is 0.576. The molecule has 0 rings (SSSR count). The summed E-state index contributed by atoms with van der Waals surface area (Å²) in [5.41, 5.74) is 0. The van der Waals surface area contributed by atoms with E-state index in [9.17, 15) is 0 Å². The van der Waals surface area contributed by atoms with E-state index in [2.05, 4.69) is 17.3 Å². The molecule has 0 heterocycles. The Labute approximate surface area is 36.9 Å². The summed E-state index contributed by atoms with van der Waals surface area (Å²) < 4.78 is 0. The third-order valence-corrected chi connectivity index (χ3v) is 0.293. The summed E-state index contributed by atoms with van der Waals surface area (Å²) in [6.45, 7) is 3.38. The SMILES string of the molecule is C=C/C=C\ON. The maximum Gasteiger partial charge on any atom is 0.110 e. The Hall–Kier alpha value is -0.760. The molecule has 0 atom stereocenters. The fourth-order valence-electron chi connectivity index (χ4n) is 0.101. The first kappa shape index (κ1) is 5.24. The van der Waals surface area contributed by atoms with Gasteiger partial charge in [-0.3, -0.25) is 0 Å². The zero-order chi connectivity index (χ0) is 4.83. The van der Waals surface area contributed by atoms with Gasteiger partial charge in [-0.05, 0) is 6.08 Å². The Balaban J connectivity index is 2.94. The normalized spacial score (nSPS) is 8.83. The summed E-state index contributed by atoms with van der Waals surface area (Å²) >= 11 is 0. The van der Waals surface area contributed by atoms with E-state index in [1.165, 1.54) is 6.26 Å². The number of hydrogen-bond donors (Lipinski definition) is 1. The van der Waals surface area contributed by atoms with Gasteiger partial charge in [0.15, 0.2) is 0 Å². The van der Waals surface area contributed by atoms with Crippen molar-refractivity contribution in [1.29, 1.82) is 0 Å². The van der Waals surface area contributed by atoms with E-state index in [1.54, 1.807) is 12.2 Å². The highest BCUT2D eigenvalue weighted by molar-refractivity contribution is 4.92. The second kappa shape index (κ2) is 4.24. The lowest BCUT2D eigenvalue weighted by Crippen LogP contribution is -1.86. The summed E-state index contributed by atoms with van der Waals surface area (Å²) in [6.07, 6.45) is 4.51. The number of rotatable bonds is 2. The lowest BCUT2D eigenvalue weighted by molar-refractivity contribution is 0.261. The van der Waals surface area contributed by atoms with Crippen molar-refractivity contribution in [2.75, 3.05) is 0 Å². The van der Waals surface area contributed by atoms with Crippen LogP contribution in [0.15, 0.2) is 25.0 Å². The predicted molar refractivity (Wildman–Crippen MR) is 24.6 cm³/mol. The van der Waals surface area contributed by atoms with E-state index in [1.807, 2.05) is 0 Å². The molecule has 0 radical (unpaired) electrons. The van der Waals surface area contributed by atoms with Crippen LogP contribution in [0, 0.1) is 0 Å². The van der Waals surface area contributed by atoms with Crippen molar-refractivity contribution >= 4 is 0 Å². The van der Waals surface area contributed by atoms with Crippen LogP contribution in [-0.4, -0.2) is 0 Å². The lowest BCUT2D eigenvalue weighted by Gasteiger charge is -1.77. The van der Waals surface area contributed by atoms with Gasteiger partial charge >= 0.3 is 0 Å². The molecule has 0 amide bonds. The molecule has 0 unspecified atom stereocenters. The average molecular weight is 85.1 g/mol. The van der Waals surface area contributed by atoms with Crippen LogP contribution in [0.1, 0.15) is 0 Å². The summed E-state index contributed by atoms with van der Waals surface area (Å²) in [5, 5.41) is 0. The zero-order valence-electron chi connectivity index (χ0n) is 3.42. The molecule has 0 saturated heterocycles. The van der Waals surface area contributed by atoms with Crippen LogP contribution in [0.3, 0.4) is 0 Å². The van der Waals surface area contributed by atoms with Crippen molar-refractivity contribution in [2.45, 2.75) is 0 Å². The Bertz CT molecular complexity index is 58.6. The zero-order valence-corrected chi connectivity index (χ0v) is 3.42. The first-order valence-corrected chi connectivity index (χ1v) is 1.55. The first-order chi connectivity index (χ1) is 2.91. The number of allylic oxidation sites excluding steroid dienone is 2. The van der Waals surface area contributed by atoms with Crippen molar-refractivity contribution in [2.24, 2.45) is 5.90 Å². The van der Waals surface area contributed by atoms with Crippen molar-refractivity contribution < 1.29 is 4.84 Å². The number of nitrogens with two attached hydrogens (primary N) is 1. The van der Waals surface area contributed by atoms with Crippen LogP contribution in [0.4, 0.5) is 0 Å². The average Bonchev–Trinajstić information content (AvgIpc) is 1.61. The summed E-state index contributed by atoms with van der Waals surface area (Å²) in [5.74, 6) is 4.58. The highest BCUT2D eigenvalue weighted by Gasteiger charge is 1.52. The quantitative estimate of drug-likeness (QED) is 0.302. The molecule has 2 nitrogen and oxygen atoms in total. The molecule has 0 bridgehead atoms. The highest BCUT2D eigenvalue weighted by Crippen LogP contribution is 1.66. The minimum atomic E-state index is 1.34. The topological polar surface area (TPSA) is 35.2 Å². The summed E-state index contributed by atoms with van der Waals surface area (Å²) in [6, 6.07) is 0. The maximum atomic E-state index is 4.58. The van der Waals surface area contributed by atoms with Crippen molar-refractivity contribution in [3.63, 3.8) is 0 Å². The van der Waals surface area contributed by atoms with Gasteiger partial charge in [0.05, 0.1) is 0 Å². The van der Waals surface area contributed by atoms with Gasteiger partial charge in [-0.1, -0.05) is 12.7 Å². The second-order valence-electron chi connectivity index (χ2n) is 0.700. The van der Waals surface area contributed by atoms with Gasteiger partial charge in [0.25, 0.3) is 0 Å². The molecule has 0 aliphatic carbocycles. The Morgan fingerprint density at radius 1 is 1.67 bits per heavy atom. The van der Waals surface area contributed by atoms with Crippen LogP contribution < -0.4 is 5.90 Å². The first-order valence-electron chi connectivity index (χ1n) is 1.55. The van der Waals surface area contributed by atoms with E-state index in [0.717, 1.165) is 0 Å². The Kier molecular flexibility index (Phi) is 3.70. The van der Waals surface area contributed by atoms with Crippen LogP contribution in [0.25, 0.3) is 0 Å². The molecule has 0 spiro atoms. The molecule has 0 aliphatic heterocycles. The lowest BCUT2D eigenvalue weighted by atomic mass is 10.6. The molecular weight excluding hydrogens is 78.0 g/mol. The van der Waals surface area contributed by atoms with E-state index >= 15 is 0 Å². The van der Waals surface area contributed by atoms with E-state index in [4.69, 9.17) is 0 Å². The molecule has 2 heteroatoms. The van der Waals surface area contributed by atoms with Crippen molar-refractivity contribution in [3.8, 4) is 0 Å². The molecule has 34 valence electrons. The Morgan fingerprint density at radius 2 is 2.33 bits per heavy atom. The molecule has 0 aromatic heterocycles. The van der Waals surface area contributed by atoms with Crippen LogP contribution >= 0.6 is 0 Å². The van der Waals surface area contributed by atoms with Crippen LogP contribution in [-0.2, 0) is 4.84 Å². The molecule has 0 fully saturated rings. The third kappa shape index (κ3) is 3.24. The monoisotopic (exact) mass is 85.1 g/mol. The van der Waals surface area contributed by atoms with Gasteiger partial charge < -0.3 is 4.84 Å². The molecule has 0 aliphatic rings.